The molecule has 0 radical (unpaired) electrons. The highest BCUT2D eigenvalue weighted by Gasteiger charge is 2.52. The Morgan fingerprint density at radius 1 is 0.723 bits per heavy atom. The van der Waals surface area contributed by atoms with Crippen molar-refractivity contribution in [3.05, 3.63) is 11.6 Å². The van der Waals surface area contributed by atoms with Gasteiger partial charge in [0.1, 0.15) is 11.9 Å². The molecule has 0 N–H and O–H groups in total. The molecule has 0 amide bonds. The van der Waals surface area contributed by atoms with Crippen LogP contribution in [0.25, 0.3) is 0 Å². The fraction of sp³-hybridized carbons (Fsp3) is 0.895. The second kappa shape index (κ2) is 17.1. The van der Waals surface area contributed by atoms with Crippen molar-refractivity contribution in [1.82, 2.24) is 0 Å². The van der Waals surface area contributed by atoms with Crippen LogP contribution in [-0.2, 0) is 27.6 Å². The predicted molar refractivity (Wildman–Crippen MR) is 209 cm³/mol. The Bertz CT molecular complexity index is 1020. The fourth-order valence-electron chi connectivity index (χ4n) is 5.73. The van der Waals surface area contributed by atoms with Crippen LogP contribution < -0.4 is 0 Å². The maximum absolute atomic E-state index is 13.6. The van der Waals surface area contributed by atoms with Crippen molar-refractivity contribution in [1.29, 1.82) is 0 Å². The van der Waals surface area contributed by atoms with Crippen LogP contribution in [0.3, 0.4) is 0 Å². The normalized spacial score (nSPS) is 17.9. The minimum absolute atomic E-state index is 0.00709. The first-order chi connectivity index (χ1) is 20.9. The predicted octanol–water partition coefficient (Wildman–Crippen LogP) is 11.3. The van der Waals surface area contributed by atoms with Gasteiger partial charge in [-0.05, 0) is 87.7 Å². The molecule has 0 aliphatic rings. The molecule has 0 heterocycles. The van der Waals surface area contributed by atoms with Crippen LogP contribution in [0.5, 0.6) is 0 Å². The Morgan fingerprint density at radius 3 is 1.51 bits per heavy atom. The van der Waals surface area contributed by atoms with E-state index in [2.05, 4.69) is 122 Å². The lowest BCUT2D eigenvalue weighted by atomic mass is 9.72. The smallest absolute Gasteiger partial charge is 0.308 e. The molecule has 0 saturated heterocycles. The van der Waals surface area contributed by atoms with E-state index < -0.39 is 42.1 Å². The van der Waals surface area contributed by atoms with E-state index >= 15 is 0 Å². The minimum Gasteiger partial charge on any atom is -0.460 e. The zero-order chi connectivity index (χ0) is 37.6. The van der Waals surface area contributed by atoms with Crippen LogP contribution in [0.2, 0.25) is 54.4 Å². The van der Waals surface area contributed by atoms with Gasteiger partial charge < -0.3 is 22.8 Å². The van der Waals surface area contributed by atoms with Crippen molar-refractivity contribution in [2.24, 2.45) is 17.3 Å². The molecule has 0 spiro atoms. The SMILES string of the molecule is CC[Si](CC)(CC)O[C@@H]([C@H](C)[C@@H](O[Si](C)(C)C(C)(C)C)/C(C)=C/[C@@H](C)C=O)C(C)(C)[C@@H](CC(=O)OC(C)(C)C)O[Si](C)(C)C(C)(C)C. The summed E-state index contributed by atoms with van der Waals surface area (Å²) in [4.78, 5) is 25.4. The second-order valence-electron chi connectivity index (χ2n) is 18.8. The third kappa shape index (κ3) is 13.2. The number of rotatable bonds is 18. The summed E-state index contributed by atoms with van der Waals surface area (Å²) in [5.41, 5.74) is -0.133. The number of hydrogen-bond donors (Lipinski definition) is 0. The molecular weight excluding hydrogens is 637 g/mol. The van der Waals surface area contributed by atoms with Gasteiger partial charge in [0, 0.05) is 17.3 Å². The van der Waals surface area contributed by atoms with Crippen molar-refractivity contribution < 1.29 is 27.6 Å². The molecule has 47 heavy (non-hydrogen) atoms. The molecule has 0 rings (SSSR count). The van der Waals surface area contributed by atoms with Crippen LogP contribution in [0.4, 0.5) is 0 Å². The lowest BCUT2D eigenvalue weighted by molar-refractivity contribution is -0.160. The third-order valence-corrected chi connectivity index (χ3v) is 24.8. The lowest BCUT2D eigenvalue weighted by Gasteiger charge is -2.52. The van der Waals surface area contributed by atoms with Crippen LogP contribution in [0.1, 0.15) is 124 Å². The number of carbonyl (C=O) groups is 2. The van der Waals surface area contributed by atoms with Crippen molar-refractivity contribution in [3.8, 4) is 0 Å². The standard InChI is InChI=1S/C38H78O6Si3/c1-22-47(23-2,24-3)44-34(30(6)33(29(5)25-28(4)27-39)43-46(20,21)37(13,14)15)38(16,17)31(26-32(40)41-35(7,8)9)42-45(18,19)36(10,11)12/h25,27-28,30-31,33-34H,22-24,26H2,1-21H3/b29-25+/t28-,30-,31-,33+,34+/m1/s1. The summed E-state index contributed by atoms with van der Waals surface area (Å²) < 4.78 is 28.1. The van der Waals surface area contributed by atoms with E-state index in [1.807, 2.05) is 27.7 Å². The monoisotopic (exact) mass is 715 g/mol. The first-order valence-corrected chi connectivity index (χ1v) is 26.6. The van der Waals surface area contributed by atoms with Crippen LogP contribution in [-0.4, -0.2) is 61.1 Å². The topological polar surface area (TPSA) is 71.1 Å². The van der Waals surface area contributed by atoms with E-state index in [-0.39, 0.29) is 46.5 Å². The van der Waals surface area contributed by atoms with Gasteiger partial charge in [0.2, 0.25) is 0 Å². The summed E-state index contributed by atoms with van der Waals surface area (Å²) in [5, 5.41) is -0.0584. The molecule has 5 atom stereocenters. The number of esters is 1. The highest BCUT2D eigenvalue weighted by atomic mass is 28.4. The van der Waals surface area contributed by atoms with Crippen LogP contribution in [0, 0.1) is 17.3 Å². The van der Waals surface area contributed by atoms with E-state index in [1.54, 1.807) is 0 Å². The molecule has 0 aromatic rings. The highest BCUT2D eigenvalue weighted by molar-refractivity contribution is 6.74. The Morgan fingerprint density at radius 2 is 1.15 bits per heavy atom. The molecule has 0 saturated carbocycles. The zero-order valence-electron chi connectivity index (χ0n) is 34.8. The lowest BCUT2D eigenvalue weighted by Crippen LogP contribution is -2.58. The molecule has 0 aliphatic carbocycles. The summed E-state index contributed by atoms with van der Waals surface area (Å²) in [6, 6.07) is 3.01. The first kappa shape index (κ1) is 46.4. The van der Waals surface area contributed by atoms with Gasteiger partial charge in [-0.2, -0.15) is 0 Å². The second-order valence-corrected chi connectivity index (χ2v) is 33.1. The maximum atomic E-state index is 13.6. The molecule has 6 nitrogen and oxygen atoms in total. The third-order valence-electron chi connectivity index (χ3n) is 11.3. The summed E-state index contributed by atoms with van der Waals surface area (Å²) in [5.74, 6) is -0.567. The molecule has 278 valence electrons. The largest absolute Gasteiger partial charge is 0.460 e. The quantitative estimate of drug-likeness (QED) is 0.0609. The fourth-order valence-corrected chi connectivity index (χ4v) is 11.6. The van der Waals surface area contributed by atoms with Gasteiger partial charge in [-0.3, -0.25) is 4.79 Å². The molecular formula is C38H78O6Si3. The Labute approximate surface area is 295 Å². The highest BCUT2D eigenvalue weighted by Crippen LogP contribution is 2.47. The van der Waals surface area contributed by atoms with Gasteiger partial charge in [-0.25, -0.2) is 0 Å². The average molecular weight is 715 g/mol. The minimum atomic E-state index is -2.33. The summed E-state index contributed by atoms with van der Waals surface area (Å²) >= 11 is 0. The van der Waals surface area contributed by atoms with Crippen molar-refractivity contribution in [3.63, 3.8) is 0 Å². The molecule has 0 aromatic carbocycles. The summed E-state index contributed by atoms with van der Waals surface area (Å²) in [6.45, 7) is 45.9. The van der Waals surface area contributed by atoms with Gasteiger partial charge in [-0.15, -0.1) is 0 Å². The zero-order valence-corrected chi connectivity index (χ0v) is 37.8. The number of hydrogen-bond acceptors (Lipinski definition) is 6. The van der Waals surface area contributed by atoms with E-state index in [4.69, 9.17) is 18.0 Å². The van der Waals surface area contributed by atoms with Gasteiger partial charge in [0.25, 0.3) is 0 Å². The van der Waals surface area contributed by atoms with Crippen LogP contribution in [0.15, 0.2) is 11.6 Å². The molecule has 0 fully saturated rings. The summed E-state index contributed by atoms with van der Waals surface area (Å²) in [7, 11) is -6.76. The molecule has 0 aliphatic heterocycles. The van der Waals surface area contributed by atoms with E-state index in [9.17, 15) is 9.59 Å². The number of allylic oxidation sites excluding steroid dienone is 1. The molecule has 9 heteroatoms. The number of aldehydes is 1. The van der Waals surface area contributed by atoms with Gasteiger partial charge in [0.05, 0.1) is 24.7 Å². The van der Waals surface area contributed by atoms with Crippen molar-refractivity contribution in [2.75, 3.05) is 0 Å². The number of ether oxygens (including phenoxy) is 1. The Hall–Kier alpha value is -0.589. The Kier molecular flexibility index (Phi) is 16.9. The van der Waals surface area contributed by atoms with E-state index in [0.717, 1.165) is 30.0 Å². The molecule has 0 aromatic heterocycles. The van der Waals surface area contributed by atoms with Crippen molar-refractivity contribution >= 4 is 37.2 Å². The number of carbonyl (C=O) groups excluding carboxylic acids is 2. The molecule has 0 unspecified atom stereocenters. The van der Waals surface area contributed by atoms with Gasteiger partial charge >= 0.3 is 5.97 Å². The average Bonchev–Trinajstić information content (AvgIpc) is 2.89. The van der Waals surface area contributed by atoms with E-state index in [1.165, 1.54) is 0 Å². The van der Waals surface area contributed by atoms with E-state index in [0.29, 0.717) is 0 Å². The summed E-state index contributed by atoms with van der Waals surface area (Å²) in [6.07, 6.45) is 2.20. The Balaban J connectivity index is 7.69. The maximum Gasteiger partial charge on any atom is 0.308 e. The van der Waals surface area contributed by atoms with Crippen molar-refractivity contribution in [2.45, 2.75) is 202 Å². The van der Waals surface area contributed by atoms with Crippen LogP contribution >= 0.6 is 0 Å². The van der Waals surface area contributed by atoms with Gasteiger partial charge in [-0.1, -0.05) is 96.1 Å². The first-order valence-electron chi connectivity index (χ1n) is 18.3. The molecule has 0 bridgehead atoms. The van der Waals surface area contributed by atoms with Gasteiger partial charge in [0.15, 0.2) is 25.0 Å².